The summed E-state index contributed by atoms with van der Waals surface area (Å²) in [7, 11) is 0. The van der Waals surface area contributed by atoms with Crippen LogP contribution in [0.25, 0.3) is 0 Å². The van der Waals surface area contributed by atoms with Crippen molar-refractivity contribution in [1.82, 2.24) is 15.5 Å². The van der Waals surface area contributed by atoms with E-state index in [0.717, 1.165) is 6.07 Å². The number of amides is 1. The minimum absolute atomic E-state index is 0.0628. The molecule has 1 atom stereocenters. The summed E-state index contributed by atoms with van der Waals surface area (Å²) < 4.78 is 54.3. The molecule has 1 amide bonds. The average molecular weight is 412 g/mol. The average Bonchev–Trinajstić information content (AvgIpc) is 3.13. The molecule has 156 valence electrons. The highest BCUT2D eigenvalue weighted by Crippen LogP contribution is 2.32. The van der Waals surface area contributed by atoms with E-state index < -0.39 is 35.5 Å². The van der Waals surface area contributed by atoms with Crippen molar-refractivity contribution in [3.05, 3.63) is 41.4 Å². The maximum atomic E-state index is 13.0. The second kappa shape index (κ2) is 8.81. The standard InChI is InChI=1S/C18H19F3N4O4/c1-17(2,3)29-16(26)23-8-6-13(12-7-9-27-25-12)28-15-11(10-22)4-5-14(24-15)18(19,20)21/h4-5,7,9,13H,6,8H2,1-3H3,(H,23,26)/t13-/m1/s1. The predicted molar refractivity (Wildman–Crippen MR) is 92.7 cm³/mol. The van der Waals surface area contributed by atoms with E-state index in [1.165, 1.54) is 12.3 Å². The molecule has 0 aliphatic rings. The van der Waals surface area contributed by atoms with Crippen molar-refractivity contribution in [3.8, 4) is 11.9 Å². The first-order valence-electron chi connectivity index (χ1n) is 8.52. The molecular formula is C18H19F3N4O4. The Balaban J connectivity index is 2.16. The SMILES string of the molecule is CC(C)(C)OC(=O)NCC[C@@H](Oc1nc(C(F)(F)F)ccc1C#N)c1ccon1. The lowest BCUT2D eigenvalue weighted by atomic mass is 10.2. The van der Waals surface area contributed by atoms with E-state index in [2.05, 4.69) is 15.5 Å². The zero-order chi connectivity index (χ0) is 21.7. The molecule has 0 saturated heterocycles. The number of aromatic nitrogens is 2. The number of nitrogens with zero attached hydrogens (tertiary/aromatic N) is 3. The monoisotopic (exact) mass is 412 g/mol. The first kappa shape index (κ1) is 22.0. The van der Waals surface area contributed by atoms with Gasteiger partial charge in [-0.3, -0.25) is 0 Å². The minimum atomic E-state index is -4.70. The molecule has 29 heavy (non-hydrogen) atoms. The normalized spacial score (nSPS) is 12.7. The molecule has 0 bridgehead atoms. The molecular weight excluding hydrogens is 393 g/mol. The highest BCUT2D eigenvalue weighted by atomic mass is 19.4. The Morgan fingerprint density at radius 2 is 2.03 bits per heavy atom. The lowest BCUT2D eigenvalue weighted by Crippen LogP contribution is -2.33. The van der Waals surface area contributed by atoms with Crippen LogP contribution in [-0.2, 0) is 10.9 Å². The molecule has 2 aromatic rings. The Hall–Kier alpha value is -3.29. The smallest absolute Gasteiger partial charge is 0.433 e. The van der Waals surface area contributed by atoms with Gasteiger partial charge in [0.1, 0.15) is 41.0 Å². The van der Waals surface area contributed by atoms with Gasteiger partial charge in [-0.25, -0.2) is 9.78 Å². The van der Waals surface area contributed by atoms with Gasteiger partial charge in [0.25, 0.3) is 0 Å². The Kier molecular flexibility index (Phi) is 6.68. The molecule has 8 nitrogen and oxygen atoms in total. The fourth-order valence-corrected chi connectivity index (χ4v) is 2.18. The van der Waals surface area contributed by atoms with Crippen LogP contribution >= 0.6 is 0 Å². The van der Waals surface area contributed by atoms with Crippen molar-refractivity contribution < 1.29 is 32.0 Å². The van der Waals surface area contributed by atoms with Gasteiger partial charge < -0.3 is 19.3 Å². The highest BCUT2D eigenvalue weighted by molar-refractivity contribution is 5.67. The number of alkyl halides is 3. The third-order valence-corrected chi connectivity index (χ3v) is 3.39. The van der Waals surface area contributed by atoms with Gasteiger partial charge in [-0.1, -0.05) is 5.16 Å². The number of halogens is 3. The van der Waals surface area contributed by atoms with Crippen molar-refractivity contribution in [1.29, 1.82) is 5.26 Å². The van der Waals surface area contributed by atoms with E-state index in [-0.39, 0.29) is 24.2 Å². The zero-order valence-electron chi connectivity index (χ0n) is 15.9. The number of carbonyl (C=O) groups is 1. The van der Waals surface area contributed by atoms with E-state index in [4.69, 9.17) is 19.3 Å². The van der Waals surface area contributed by atoms with Gasteiger partial charge >= 0.3 is 12.3 Å². The number of hydrogen-bond acceptors (Lipinski definition) is 7. The van der Waals surface area contributed by atoms with Crippen LogP contribution in [-0.4, -0.2) is 28.4 Å². The van der Waals surface area contributed by atoms with E-state index in [1.807, 2.05) is 0 Å². The Morgan fingerprint density at radius 1 is 1.31 bits per heavy atom. The molecule has 0 aliphatic carbocycles. The fraction of sp³-hybridized carbons (Fsp3) is 0.444. The molecule has 2 rings (SSSR count). The summed E-state index contributed by atoms with van der Waals surface area (Å²) in [4.78, 5) is 15.2. The predicted octanol–water partition coefficient (Wildman–Crippen LogP) is 3.99. The lowest BCUT2D eigenvalue weighted by molar-refractivity contribution is -0.141. The molecule has 0 aliphatic heterocycles. The maximum Gasteiger partial charge on any atom is 0.433 e. The van der Waals surface area contributed by atoms with Gasteiger partial charge in [-0.2, -0.15) is 18.4 Å². The molecule has 2 aromatic heterocycles. The van der Waals surface area contributed by atoms with Crippen LogP contribution in [0.3, 0.4) is 0 Å². The molecule has 1 N–H and O–H groups in total. The highest BCUT2D eigenvalue weighted by Gasteiger charge is 2.34. The summed E-state index contributed by atoms with van der Waals surface area (Å²) in [5.74, 6) is -0.493. The van der Waals surface area contributed by atoms with Crippen LogP contribution in [0.15, 0.2) is 29.0 Å². The molecule has 0 spiro atoms. The van der Waals surface area contributed by atoms with Gasteiger partial charge in [0, 0.05) is 19.0 Å². The molecule has 0 saturated carbocycles. The van der Waals surface area contributed by atoms with Crippen molar-refractivity contribution in [3.63, 3.8) is 0 Å². The molecule has 0 aromatic carbocycles. The number of pyridine rings is 1. The summed E-state index contributed by atoms with van der Waals surface area (Å²) in [6, 6.07) is 4.86. The quantitative estimate of drug-likeness (QED) is 0.764. The Morgan fingerprint density at radius 3 is 2.59 bits per heavy atom. The number of ether oxygens (including phenoxy) is 2. The van der Waals surface area contributed by atoms with Crippen LogP contribution in [0, 0.1) is 11.3 Å². The van der Waals surface area contributed by atoms with E-state index in [9.17, 15) is 18.0 Å². The second-order valence-electron chi connectivity index (χ2n) is 6.91. The summed E-state index contributed by atoms with van der Waals surface area (Å²) in [6.07, 6.45) is -4.92. The van der Waals surface area contributed by atoms with Crippen molar-refractivity contribution in [2.24, 2.45) is 0 Å². The fourth-order valence-electron chi connectivity index (χ4n) is 2.18. The van der Waals surface area contributed by atoms with Gasteiger partial charge in [-0.05, 0) is 32.9 Å². The second-order valence-corrected chi connectivity index (χ2v) is 6.91. The first-order valence-corrected chi connectivity index (χ1v) is 8.52. The van der Waals surface area contributed by atoms with Crippen LogP contribution in [0.4, 0.5) is 18.0 Å². The number of carbonyl (C=O) groups excluding carboxylic acids is 1. The number of alkyl carbamates (subject to hydrolysis) is 1. The first-order chi connectivity index (χ1) is 13.5. The van der Waals surface area contributed by atoms with Crippen LogP contribution in [0.5, 0.6) is 5.88 Å². The molecule has 0 fully saturated rings. The van der Waals surface area contributed by atoms with Crippen molar-refractivity contribution >= 4 is 6.09 Å². The topological polar surface area (TPSA) is 110 Å². The van der Waals surface area contributed by atoms with Crippen LogP contribution in [0.2, 0.25) is 0 Å². The molecule has 0 unspecified atom stereocenters. The minimum Gasteiger partial charge on any atom is -0.467 e. The summed E-state index contributed by atoms with van der Waals surface area (Å²) in [5.41, 5.74) is -1.79. The van der Waals surface area contributed by atoms with E-state index in [0.29, 0.717) is 6.07 Å². The number of nitrogens with one attached hydrogen (secondary N) is 1. The third-order valence-electron chi connectivity index (χ3n) is 3.39. The Labute approximate surface area is 164 Å². The van der Waals surface area contributed by atoms with Crippen LogP contribution in [0.1, 0.15) is 50.2 Å². The van der Waals surface area contributed by atoms with Gasteiger partial charge in [0.2, 0.25) is 5.88 Å². The largest absolute Gasteiger partial charge is 0.467 e. The zero-order valence-corrected chi connectivity index (χ0v) is 15.9. The van der Waals surface area contributed by atoms with Gasteiger partial charge in [0.15, 0.2) is 0 Å². The molecule has 11 heteroatoms. The number of rotatable bonds is 6. The molecule has 0 radical (unpaired) electrons. The summed E-state index contributed by atoms with van der Waals surface area (Å²) in [6.45, 7) is 5.18. The van der Waals surface area contributed by atoms with E-state index in [1.54, 1.807) is 26.8 Å². The maximum absolute atomic E-state index is 13.0. The van der Waals surface area contributed by atoms with Gasteiger partial charge in [-0.15, -0.1) is 0 Å². The number of hydrogen-bond donors (Lipinski definition) is 1. The lowest BCUT2D eigenvalue weighted by Gasteiger charge is -2.21. The Bertz CT molecular complexity index is 871. The third kappa shape index (κ3) is 6.67. The van der Waals surface area contributed by atoms with E-state index >= 15 is 0 Å². The van der Waals surface area contributed by atoms with Crippen LogP contribution < -0.4 is 10.1 Å². The molecule has 2 heterocycles. The van der Waals surface area contributed by atoms with Crippen molar-refractivity contribution in [2.75, 3.05) is 6.54 Å². The summed E-state index contributed by atoms with van der Waals surface area (Å²) >= 11 is 0. The number of nitriles is 1. The summed E-state index contributed by atoms with van der Waals surface area (Å²) in [5, 5.41) is 15.4. The van der Waals surface area contributed by atoms with Crippen molar-refractivity contribution in [2.45, 2.75) is 45.1 Å². The van der Waals surface area contributed by atoms with Gasteiger partial charge in [0.05, 0.1) is 0 Å².